The molecule has 5 rings (SSSR count). The molecule has 0 saturated carbocycles. The molecule has 0 amide bonds. The summed E-state index contributed by atoms with van der Waals surface area (Å²) in [5, 5.41) is 5.41. The Labute approximate surface area is 151 Å². The maximum atomic E-state index is 15.1. The molecule has 2 N–H and O–H groups in total. The molecule has 0 spiro atoms. The van der Waals surface area contributed by atoms with E-state index >= 15 is 4.39 Å². The van der Waals surface area contributed by atoms with E-state index in [1.807, 2.05) is 11.8 Å². The highest BCUT2D eigenvalue weighted by Crippen LogP contribution is 2.42. The van der Waals surface area contributed by atoms with E-state index in [-0.39, 0.29) is 34.9 Å². The normalized spacial score (nSPS) is 19.7. The van der Waals surface area contributed by atoms with E-state index in [0.717, 1.165) is 0 Å². The van der Waals surface area contributed by atoms with Crippen molar-refractivity contribution in [1.29, 1.82) is 0 Å². The fraction of sp³-hybridized carbons (Fsp3) is 0.333. The minimum absolute atomic E-state index is 0.0645. The number of nitrogens with one attached hydrogen (secondary N) is 2. The molecule has 8 nitrogen and oxygen atoms in total. The number of ether oxygens (including phenoxy) is 1. The predicted molar refractivity (Wildman–Crippen MR) is 99.1 cm³/mol. The van der Waals surface area contributed by atoms with E-state index in [9.17, 15) is 9.59 Å². The third-order valence-corrected chi connectivity index (χ3v) is 5.15. The van der Waals surface area contributed by atoms with Crippen molar-refractivity contribution in [2.75, 3.05) is 31.1 Å². The first-order valence-corrected chi connectivity index (χ1v) is 8.69. The van der Waals surface area contributed by atoms with Crippen LogP contribution in [0.4, 0.5) is 10.1 Å². The zero-order valence-electron chi connectivity index (χ0n) is 14.6. The van der Waals surface area contributed by atoms with E-state index < -0.39 is 16.8 Å². The first kappa shape index (κ1) is 16.1. The molecule has 2 aromatic heterocycles. The number of benzene rings is 1. The smallest absolute Gasteiger partial charge is 0.293 e. The highest BCUT2D eigenvalue weighted by Gasteiger charge is 2.31. The lowest BCUT2D eigenvalue weighted by Gasteiger charge is -2.36. The first-order chi connectivity index (χ1) is 13.0. The average Bonchev–Trinajstić information content (AvgIpc) is 3.02. The van der Waals surface area contributed by atoms with Crippen LogP contribution in [0.15, 0.2) is 26.8 Å². The molecule has 1 atom stereocenters. The van der Waals surface area contributed by atoms with Gasteiger partial charge >= 0.3 is 0 Å². The van der Waals surface area contributed by atoms with Crippen molar-refractivity contribution in [2.24, 2.45) is 0 Å². The molecule has 0 radical (unpaired) electrons. The molecular formula is C18H17FN4O4. The molecule has 27 heavy (non-hydrogen) atoms. The highest BCUT2D eigenvalue weighted by molar-refractivity contribution is 6.01. The van der Waals surface area contributed by atoms with Crippen molar-refractivity contribution in [2.45, 2.75) is 13.0 Å². The Hall–Kier alpha value is -3.07. The van der Waals surface area contributed by atoms with Crippen molar-refractivity contribution in [1.82, 2.24) is 15.0 Å². The third kappa shape index (κ3) is 2.11. The van der Waals surface area contributed by atoms with Crippen LogP contribution in [0.3, 0.4) is 0 Å². The van der Waals surface area contributed by atoms with Crippen LogP contribution >= 0.6 is 0 Å². The van der Waals surface area contributed by atoms with Gasteiger partial charge in [0.1, 0.15) is 17.8 Å². The minimum Gasteiger partial charge on any atom is -0.483 e. The van der Waals surface area contributed by atoms with Gasteiger partial charge in [-0.2, -0.15) is 5.16 Å². The van der Waals surface area contributed by atoms with Crippen LogP contribution in [0, 0.1) is 5.82 Å². The van der Waals surface area contributed by atoms with Crippen molar-refractivity contribution in [3.63, 3.8) is 0 Å². The van der Waals surface area contributed by atoms with Crippen molar-refractivity contribution in [3.05, 3.63) is 39.0 Å². The Morgan fingerprint density at radius 3 is 2.96 bits per heavy atom. The second kappa shape index (κ2) is 5.46. The molecule has 3 aromatic rings. The molecule has 1 saturated heterocycles. The average molecular weight is 372 g/mol. The molecule has 140 valence electrons. The lowest BCUT2D eigenvalue weighted by Crippen LogP contribution is -2.49. The van der Waals surface area contributed by atoms with Crippen molar-refractivity contribution >= 4 is 33.4 Å². The topological polar surface area (TPSA) is 92.5 Å². The molecule has 0 bridgehead atoms. The maximum absolute atomic E-state index is 15.1. The molecule has 2 aliphatic rings. The molecule has 1 aromatic carbocycles. The molecule has 0 aliphatic carbocycles. The molecule has 1 fully saturated rings. The van der Waals surface area contributed by atoms with Gasteiger partial charge in [-0.1, -0.05) is 6.58 Å². The number of piperazine rings is 1. The SMILES string of the molecule is C=C1COc2c(N3CCNC(C)C3)c(F)cc3c(=O)c4c(=O)[nH]oc4n1c23. The number of hydrogen-bond acceptors (Lipinski definition) is 6. The summed E-state index contributed by atoms with van der Waals surface area (Å²) >= 11 is 0. The van der Waals surface area contributed by atoms with Gasteiger partial charge in [0.05, 0.1) is 11.1 Å². The molecule has 9 heteroatoms. The van der Waals surface area contributed by atoms with E-state index in [1.165, 1.54) is 6.07 Å². The van der Waals surface area contributed by atoms with Gasteiger partial charge in [0.25, 0.3) is 5.56 Å². The fourth-order valence-electron chi connectivity index (χ4n) is 3.98. The maximum Gasteiger partial charge on any atom is 0.293 e. The Bertz CT molecular complexity index is 1240. The van der Waals surface area contributed by atoms with Crippen molar-refractivity contribution in [3.8, 4) is 5.75 Å². The van der Waals surface area contributed by atoms with E-state index in [4.69, 9.17) is 9.26 Å². The Morgan fingerprint density at radius 1 is 1.37 bits per heavy atom. The number of pyridine rings is 1. The summed E-state index contributed by atoms with van der Waals surface area (Å²) in [7, 11) is 0. The van der Waals surface area contributed by atoms with Crippen LogP contribution in [0.5, 0.6) is 5.75 Å². The Kier molecular flexibility index (Phi) is 3.26. The summed E-state index contributed by atoms with van der Waals surface area (Å²) in [5.74, 6) is -0.281. The summed E-state index contributed by atoms with van der Waals surface area (Å²) in [6.07, 6.45) is 0. The number of nitrogens with zero attached hydrogens (tertiary/aromatic N) is 2. The summed E-state index contributed by atoms with van der Waals surface area (Å²) < 4.78 is 27.8. The highest BCUT2D eigenvalue weighted by atomic mass is 19.1. The number of fused-ring (bicyclic) bond motifs is 2. The number of halogens is 1. The van der Waals surface area contributed by atoms with Gasteiger partial charge in [-0.3, -0.25) is 14.2 Å². The standard InChI is InChI=1S/C18H17FN4O4/c1-8-6-22(4-3-20-8)14-11(19)5-10-13-16(14)26-7-9(2)23(13)18-12(15(10)24)17(25)21-27-18/h5,8,20H,2-4,6-7H2,1H3,(H,21,25). The van der Waals surface area contributed by atoms with Crippen LogP contribution in [-0.2, 0) is 0 Å². The molecule has 2 aliphatic heterocycles. The van der Waals surface area contributed by atoms with Crippen LogP contribution < -0.4 is 25.9 Å². The number of H-pyrrole nitrogens is 1. The van der Waals surface area contributed by atoms with Crippen LogP contribution in [0.1, 0.15) is 6.92 Å². The second-order valence-corrected chi connectivity index (χ2v) is 6.97. The zero-order valence-corrected chi connectivity index (χ0v) is 14.6. The number of rotatable bonds is 1. The minimum atomic E-state index is -0.651. The van der Waals surface area contributed by atoms with Gasteiger partial charge in [-0.05, 0) is 13.0 Å². The summed E-state index contributed by atoms with van der Waals surface area (Å²) in [5.41, 5.74) is -0.000530. The third-order valence-electron chi connectivity index (χ3n) is 5.15. The predicted octanol–water partition coefficient (Wildman–Crippen LogP) is 1.24. The van der Waals surface area contributed by atoms with Gasteiger partial charge in [0.15, 0.2) is 17.0 Å². The van der Waals surface area contributed by atoms with E-state index in [0.29, 0.717) is 36.5 Å². The summed E-state index contributed by atoms with van der Waals surface area (Å²) in [4.78, 5) is 26.8. The fourth-order valence-corrected chi connectivity index (χ4v) is 3.98. The van der Waals surface area contributed by atoms with Gasteiger partial charge in [-0.25, -0.2) is 4.39 Å². The van der Waals surface area contributed by atoms with Crippen LogP contribution in [0.25, 0.3) is 27.7 Å². The Balaban J connectivity index is 1.93. The monoisotopic (exact) mass is 372 g/mol. The number of anilines is 1. The molecular weight excluding hydrogens is 355 g/mol. The second-order valence-electron chi connectivity index (χ2n) is 6.97. The van der Waals surface area contributed by atoms with Gasteiger partial charge in [0, 0.05) is 25.7 Å². The van der Waals surface area contributed by atoms with E-state index in [1.54, 1.807) is 4.57 Å². The van der Waals surface area contributed by atoms with Gasteiger partial charge in [-0.15, -0.1) is 0 Å². The van der Waals surface area contributed by atoms with E-state index in [2.05, 4.69) is 17.1 Å². The lowest BCUT2D eigenvalue weighted by molar-refractivity contribution is 0.352. The molecule has 1 unspecified atom stereocenters. The Morgan fingerprint density at radius 2 is 2.19 bits per heavy atom. The summed E-state index contributed by atoms with van der Waals surface area (Å²) in [6, 6.07) is 1.36. The first-order valence-electron chi connectivity index (χ1n) is 8.69. The van der Waals surface area contributed by atoms with Crippen LogP contribution in [-0.4, -0.2) is 42.0 Å². The lowest BCUT2D eigenvalue weighted by atomic mass is 10.1. The van der Waals surface area contributed by atoms with Gasteiger partial charge in [0.2, 0.25) is 11.1 Å². The summed E-state index contributed by atoms with van der Waals surface area (Å²) in [6.45, 7) is 7.98. The van der Waals surface area contributed by atoms with Crippen molar-refractivity contribution < 1.29 is 13.7 Å². The van der Waals surface area contributed by atoms with Crippen LogP contribution in [0.2, 0.25) is 0 Å². The quantitative estimate of drug-likeness (QED) is 0.668. The number of hydrogen-bond donors (Lipinski definition) is 2. The zero-order chi connectivity index (χ0) is 18.9. The number of aromatic amines is 1. The molecule has 4 heterocycles. The largest absolute Gasteiger partial charge is 0.483 e. The van der Waals surface area contributed by atoms with Gasteiger partial charge < -0.3 is 19.5 Å². The number of aromatic nitrogens is 2.